The highest BCUT2D eigenvalue weighted by Crippen LogP contribution is 2.19. The third-order valence-electron chi connectivity index (χ3n) is 3.55. The third-order valence-corrected chi connectivity index (χ3v) is 3.55. The van der Waals surface area contributed by atoms with Crippen LogP contribution in [0, 0.1) is 10.1 Å². The standard InChI is InChI=1S/C15H16N2O7/c1-23-14(19)10-7-11(9-12(8-10)17(21)22)15(20)24-6-5-16-4-2-3-13(16)18/h7-9H,2-6H2,1H3. The number of hydrogen-bond acceptors (Lipinski definition) is 7. The first-order valence-electron chi connectivity index (χ1n) is 7.25. The van der Waals surface area contributed by atoms with Crippen LogP contribution in [0.2, 0.25) is 0 Å². The van der Waals surface area contributed by atoms with E-state index < -0.39 is 22.5 Å². The molecule has 0 spiro atoms. The van der Waals surface area contributed by atoms with Crippen LogP contribution >= 0.6 is 0 Å². The Morgan fingerprint density at radius 3 is 2.46 bits per heavy atom. The molecule has 1 saturated heterocycles. The molecule has 0 radical (unpaired) electrons. The fraction of sp³-hybridized carbons (Fsp3) is 0.400. The lowest BCUT2D eigenvalue weighted by Crippen LogP contribution is -2.29. The molecule has 0 saturated carbocycles. The molecule has 0 N–H and O–H groups in total. The van der Waals surface area contributed by atoms with Crippen molar-refractivity contribution in [2.45, 2.75) is 12.8 Å². The minimum Gasteiger partial charge on any atom is -0.465 e. The smallest absolute Gasteiger partial charge is 0.338 e. The highest BCUT2D eigenvalue weighted by molar-refractivity contribution is 5.96. The molecule has 1 aliphatic heterocycles. The van der Waals surface area contributed by atoms with E-state index in [-0.39, 0.29) is 30.2 Å². The molecule has 128 valence electrons. The first-order chi connectivity index (χ1) is 11.4. The summed E-state index contributed by atoms with van der Waals surface area (Å²) in [4.78, 5) is 46.8. The molecular weight excluding hydrogens is 320 g/mol. The predicted molar refractivity (Wildman–Crippen MR) is 80.5 cm³/mol. The Hall–Kier alpha value is -2.97. The summed E-state index contributed by atoms with van der Waals surface area (Å²) in [6.07, 6.45) is 1.27. The van der Waals surface area contributed by atoms with Crippen LogP contribution in [0.25, 0.3) is 0 Å². The number of hydrogen-bond donors (Lipinski definition) is 0. The maximum atomic E-state index is 12.0. The number of nitro groups is 1. The molecule has 1 fully saturated rings. The molecule has 0 aromatic heterocycles. The molecule has 0 unspecified atom stereocenters. The predicted octanol–water partition coefficient (Wildman–Crippen LogP) is 1.16. The van der Waals surface area contributed by atoms with E-state index in [2.05, 4.69) is 4.74 Å². The van der Waals surface area contributed by atoms with Crippen LogP contribution in [0.3, 0.4) is 0 Å². The van der Waals surface area contributed by atoms with E-state index in [9.17, 15) is 24.5 Å². The summed E-state index contributed by atoms with van der Waals surface area (Å²) in [6.45, 7) is 0.865. The number of non-ortho nitro benzene ring substituents is 1. The number of likely N-dealkylation sites (tertiary alicyclic amines) is 1. The Labute approximate surface area is 137 Å². The van der Waals surface area contributed by atoms with E-state index in [1.165, 1.54) is 6.07 Å². The van der Waals surface area contributed by atoms with Gasteiger partial charge in [0.2, 0.25) is 5.91 Å². The van der Waals surface area contributed by atoms with Gasteiger partial charge in [0, 0.05) is 25.1 Å². The second-order valence-electron chi connectivity index (χ2n) is 5.14. The lowest BCUT2D eigenvalue weighted by atomic mass is 10.1. The number of ether oxygens (including phenoxy) is 2. The lowest BCUT2D eigenvalue weighted by Gasteiger charge is -2.15. The minimum atomic E-state index is -0.810. The van der Waals surface area contributed by atoms with Gasteiger partial charge in [0.25, 0.3) is 5.69 Å². The number of benzene rings is 1. The Morgan fingerprint density at radius 1 is 1.25 bits per heavy atom. The van der Waals surface area contributed by atoms with E-state index in [0.717, 1.165) is 25.7 Å². The Kier molecular flexibility index (Phi) is 5.46. The van der Waals surface area contributed by atoms with Crippen molar-refractivity contribution in [1.82, 2.24) is 4.90 Å². The van der Waals surface area contributed by atoms with Gasteiger partial charge >= 0.3 is 11.9 Å². The largest absolute Gasteiger partial charge is 0.465 e. The Morgan fingerprint density at radius 2 is 1.92 bits per heavy atom. The molecule has 1 aromatic carbocycles. The molecule has 0 aliphatic carbocycles. The second kappa shape index (κ2) is 7.53. The van der Waals surface area contributed by atoms with Gasteiger partial charge < -0.3 is 14.4 Å². The van der Waals surface area contributed by atoms with Crippen LogP contribution in [0.5, 0.6) is 0 Å². The van der Waals surface area contributed by atoms with Gasteiger partial charge in [-0.25, -0.2) is 9.59 Å². The first-order valence-corrected chi connectivity index (χ1v) is 7.25. The summed E-state index contributed by atoms with van der Waals surface area (Å²) >= 11 is 0. The van der Waals surface area contributed by atoms with Gasteiger partial charge in [-0.3, -0.25) is 14.9 Å². The second-order valence-corrected chi connectivity index (χ2v) is 5.14. The summed E-state index contributed by atoms with van der Waals surface area (Å²) in [5.41, 5.74) is -0.662. The zero-order valence-electron chi connectivity index (χ0n) is 13.0. The van der Waals surface area contributed by atoms with E-state index in [4.69, 9.17) is 4.74 Å². The summed E-state index contributed by atoms with van der Waals surface area (Å²) in [6, 6.07) is 3.21. The van der Waals surface area contributed by atoms with Gasteiger partial charge in [-0.2, -0.15) is 0 Å². The number of nitrogens with zero attached hydrogens (tertiary/aromatic N) is 2. The molecule has 0 atom stereocenters. The molecule has 1 heterocycles. The normalized spacial score (nSPS) is 13.7. The zero-order valence-corrected chi connectivity index (χ0v) is 13.0. The lowest BCUT2D eigenvalue weighted by molar-refractivity contribution is -0.384. The van der Waals surface area contributed by atoms with Crippen LogP contribution in [0.1, 0.15) is 33.6 Å². The highest BCUT2D eigenvalue weighted by atomic mass is 16.6. The summed E-state index contributed by atoms with van der Waals surface area (Å²) in [5, 5.41) is 10.9. The maximum Gasteiger partial charge on any atom is 0.338 e. The fourth-order valence-corrected chi connectivity index (χ4v) is 2.34. The van der Waals surface area contributed by atoms with Crippen LogP contribution in [0.15, 0.2) is 18.2 Å². The molecule has 2 rings (SSSR count). The summed E-state index contributed by atoms with van der Waals surface area (Å²) in [5.74, 6) is -1.60. The number of amides is 1. The average Bonchev–Trinajstić information content (AvgIpc) is 2.98. The van der Waals surface area contributed by atoms with Gasteiger partial charge in [-0.1, -0.05) is 0 Å². The number of rotatable bonds is 6. The minimum absolute atomic E-state index is 0.00868. The number of esters is 2. The van der Waals surface area contributed by atoms with Crippen molar-refractivity contribution in [2.75, 3.05) is 26.8 Å². The SMILES string of the molecule is COC(=O)c1cc(C(=O)OCCN2CCCC2=O)cc([N+](=O)[O-])c1. The van der Waals surface area contributed by atoms with E-state index in [1.54, 1.807) is 4.90 Å². The molecular formula is C15H16N2O7. The molecule has 0 bridgehead atoms. The van der Waals surface area contributed by atoms with Crippen molar-refractivity contribution >= 4 is 23.5 Å². The molecule has 9 heteroatoms. The van der Waals surface area contributed by atoms with Crippen molar-refractivity contribution in [2.24, 2.45) is 0 Å². The number of carbonyl (C=O) groups is 3. The molecule has 1 aromatic rings. The fourth-order valence-electron chi connectivity index (χ4n) is 2.34. The van der Waals surface area contributed by atoms with Crippen LogP contribution in [-0.2, 0) is 14.3 Å². The average molecular weight is 336 g/mol. The molecule has 9 nitrogen and oxygen atoms in total. The van der Waals surface area contributed by atoms with Crippen molar-refractivity contribution in [3.63, 3.8) is 0 Å². The van der Waals surface area contributed by atoms with Crippen molar-refractivity contribution in [3.8, 4) is 0 Å². The third kappa shape index (κ3) is 4.06. The van der Waals surface area contributed by atoms with Gasteiger partial charge in [0.1, 0.15) is 6.61 Å². The topological polar surface area (TPSA) is 116 Å². The molecule has 1 aliphatic rings. The van der Waals surface area contributed by atoms with Gasteiger partial charge in [0.15, 0.2) is 0 Å². The molecule has 24 heavy (non-hydrogen) atoms. The number of methoxy groups -OCH3 is 1. The van der Waals surface area contributed by atoms with E-state index >= 15 is 0 Å². The maximum absolute atomic E-state index is 12.0. The van der Waals surface area contributed by atoms with E-state index in [1.807, 2.05) is 0 Å². The zero-order chi connectivity index (χ0) is 17.7. The quantitative estimate of drug-likeness (QED) is 0.435. The number of nitro benzene ring substituents is 1. The first kappa shape index (κ1) is 17.4. The summed E-state index contributed by atoms with van der Waals surface area (Å²) in [7, 11) is 1.13. The van der Waals surface area contributed by atoms with E-state index in [0.29, 0.717) is 13.0 Å². The van der Waals surface area contributed by atoms with Crippen molar-refractivity contribution in [1.29, 1.82) is 0 Å². The Bertz CT molecular complexity index is 686. The van der Waals surface area contributed by atoms with Crippen molar-refractivity contribution < 1.29 is 28.8 Å². The van der Waals surface area contributed by atoms with Crippen LogP contribution in [-0.4, -0.2) is 54.5 Å². The van der Waals surface area contributed by atoms with Gasteiger partial charge in [0.05, 0.1) is 29.7 Å². The number of carbonyl (C=O) groups excluding carboxylic acids is 3. The summed E-state index contributed by atoms with van der Waals surface area (Å²) < 4.78 is 9.54. The van der Waals surface area contributed by atoms with Gasteiger partial charge in [-0.15, -0.1) is 0 Å². The molecule has 1 amide bonds. The van der Waals surface area contributed by atoms with Crippen LogP contribution in [0.4, 0.5) is 5.69 Å². The Balaban J connectivity index is 2.07. The highest BCUT2D eigenvalue weighted by Gasteiger charge is 2.21. The monoisotopic (exact) mass is 336 g/mol. The van der Waals surface area contributed by atoms with Gasteiger partial charge in [-0.05, 0) is 12.5 Å². The van der Waals surface area contributed by atoms with Crippen molar-refractivity contribution in [3.05, 3.63) is 39.4 Å². The van der Waals surface area contributed by atoms with Crippen LogP contribution < -0.4 is 0 Å².